The number of sulfone groups is 1. The van der Waals surface area contributed by atoms with Crippen LogP contribution in [0.3, 0.4) is 0 Å². The number of piperidine rings is 1. The molecule has 11 heteroatoms. The summed E-state index contributed by atoms with van der Waals surface area (Å²) in [7, 11) is -3.66. The molecule has 2 atom stereocenters. The van der Waals surface area contributed by atoms with E-state index in [1.165, 1.54) is 4.52 Å². The van der Waals surface area contributed by atoms with Crippen LogP contribution in [0.2, 0.25) is 0 Å². The van der Waals surface area contributed by atoms with E-state index in [9.17, 15) is 18.3 Å². The first-order valence-corrected chi connectivity index (χ1v) is 13.1. The number of amides is 1. The molecule has 2 unspecified atom stereocenters. The van der Waals surface area contributed by atoms with Gasteiger partial charge < -0.3 is 20.5 Å². The maximum atomic E-state index is 12.8. The van der Waals surface area contributed by atoms with Crippen LogP contribution in [-0.4, -0.2) is 77.1 Å². The van der Waals surface area contributed by atoms with Crippen LogP contribution in [0, 0.1) is 0 Å². The first-order valence-electron chi connectivity index (χ1n) is 11.2. The highest BCUT2D eigenvalue weighted by Crippen LogP contribution is 2.45. The number of anilines is 1. The SMILES string of the molecule is CS(=O)(=O)c1c(C2CC3CCC(C2)N3C(=O)CO)nc2c(C3CCOCC3)cnn2c1N. The number of rotatable bonds is 4. The number of ether oxygens (including phenoxy) is 1. The number of aliphatic hydroxyl groups excluding tert-OH is 1. The van der Waals surface area contributed by atoms with Crippen molar-refractivity contribution in [1.82, 2.24) is 19.5 Å². The number of nitrogens with two attached hydrogens (primary N) is 1. The van der Waals surface area contributed by atoms with Crippen LogP contribution in [0.25, 0.3) is 5.65 Å². The molecule has 5 rings (SSSR count). The number of hydrogen-bond acceptors (Lipinski definition) is 8. The molecule has 1 amide bonds. The predicted molar refractivity (Wildman–Crippen MR) is 116 cm³/mol. The summed E-state index contributed by atoms with van der Waals surface area (Å²) in [5.74, 6) is -0.0678. The molecule has 0 aromatic carbocycles. The Labute approximate surface area is 186 Å². The van der Waals surface area contributed by atoms with Gasteiger partial charge in [0.1, 0.15) is 17.3 Å². The zero-order valence-corrected chi connectivity index (χ0v) is 18.9. The van der Waals surface area contributed by atoms with Crippen molar-refractivity contribution in [2.45, 2.75) is 67.3 Å². The molecular weight excluding hydrogens is 434 g/mol. The molecule has 3 saturated heterocycles. The van der Waals surface area contributed by atoms with Crippen molar-refractivity contribution < 1.29 is 23.1 Å². The second kappa shape index (κ2) is 7.96. The lowest BCUT2D eigenvalue weighted by atomic mass is 9.87. The van der Waals surface area contributed by atoms with Crippen LogP contribution in [0.4, 0.5) is 5.82 Å². The molecule has 2 aromatic rings. The summed E-state index contributed by atoms with van der Waals surface area (Å²) in [5.41, 5.74) is 8.46. The molecular formula is C21H29N5O5S. The van der Waals surface area contributed by atoms with Gasteiger partial charge in [0.15, 0.2) is 15.5 Å². The number of aliphatic hydroxyl groups is 1. The average molecular weight is 464 g/mol. The van der Waals surface area contributed by atoms with Gasteiger partial charge in [-0.15, -0.1) is 0 Å². The zero-order valence-electron chi connectivity index (χ0n) is 18.1. The van der Waals surface area contributed by atoms with Crippen molar-refractivity contribution in [2.24, 2.45) is 0 Å². The number of carbonyl (C=O) groups excluding carboxylic acids is 1. The third-order valence-electron chi connectivity index (χ3n) is 7.27. The van der Waals surface area contributed by atoms with Gasteiger partial charge in [-0.2, -0.15) is 9.61 Å². The number of fused-ring (bicyclic) bond motifs is 3. The van der Waals surface area contributed by atoms with Crippen LogP contribution < -0.4 is 5.73 Å². The third kappa shape index (κ3) is 3.46. The van der Waals surface area contributed by atoms with Crippen LogP contribution in [0.1, 0.15) is 61.6 Å². The molecule has 3 aliphatic heterocycles. The highest BCUT2D eigenvalue weighted by atomic mass is 32.2. The fraction of sp³-hybridized carbons (Fsp3) is 0.667. The Balaban J connectivity index is 1.61. The van der Waals surface area contributed by atoms with Gasteiger partial charge in [0.25, 0.3) is 0 Å². The Kier molecular flexibility index (Phi) is 5.37. The number of nitrogens with zero attached hydrogens (tertiary/aromatic N) is 4. The van der Waals surface area contributed by atoms with E-state index in [2.05, 4.69) is 5.10 Å². The highest BCUT2D eigenvalue weighted by Gasteiger charge is 2.45. The molecule has 174 valence electrons. The van der Waals surface area contributed by atoms with Crippen molar-refractivity contribution >= 4 is 27.2 Å². The van der Waals surface area contributed by atoms with Crippen molar-refractivity contribution in [3.63, 3.8) is 0 Å². The van der Waals surface area contributed by atoms with Gasteiger partial charge in [0.05, 0.1) is 11.9 Å². The van der Waals surface area contributed by atoms with Crippen molar-refractivity contribution in [3.8, 4) is 0 Å². The molecule has 0 radical (unpaired) electrons. The minimum atomic E-state index is -3.66. The molecule has 0 saturated carbocycles. The minimum Gasteiger partial charge on any atom is -0.387 e. The molecule has 3 fully saturated rings. The Morgan fingerprint density at radius 3 is 2.44 bits per heavy atom. The summed E-state index contributed by atoms with van der Waals surface area (Å²) in [6, 6.07) is -0.0464. The quantitative estimate of drug-likeness (QED) is 0.680. The Hall–Kier alpha value is -2.24. The standard InChI is InChI=1S/C21H29N5O5S/c1-32(29,30)19-18(13-8-14-2-3-15(9-13)25(14)17(28)11-27)24-21-16(10-23-26(21)20(19)22)12-4-6-31-7-5-12/h10,12-15,27H,2-9,11,22H2,1H3. The van der Waals surface area contributed by atoms with Gasteiger partial charge in [-0.25, -0.2) is 13.4 Å². The lowest BCUT2D eigenvalue weighted by Gasteiger charge is -2.39. The second-order valence-corrected chi connectivity index (χ2v) is 11.2. The summed E-state index contributed by atoms with van der Waals surface area (Å²) >= 11 is 0. The number of nitrogen functional groups attached to an aromatic ring is 1. The molecule has 0 aliphatic carbocycles. The molecule has 2 bridgehead atoms. The van der Waals surface area contributed by atoms with E-state index in [0.29, 0.717) is 37.4 Å². The average Bonchev–Trinajstić information content (AvgIpc) is 3.31. The van der Waals surface area contributed by atoms with E-state index in [1.807, 2.05) is 0 Å². The largest absolute Gasteiger partial charge is 0.387 e. The summed E-state index contributed by atoms with van der Waals surface area (Å²) in [4.78, 5) is 19.0. The van der Waals surface area contributed by atoms with Gasteiger partial charge in [-0.05, 0) is 44.4 Å². The van der Waals surface area contributed by atoms with Gasteiger partial charge >= 0.3 is 0 Å². The number of aromatic nitrogens is 3. The number of hydrogen-bond donors (Lipinski definition) is 2. The molecule has 0 spiro atoms. The Morgan fingerprint density at radius 2 is 1.84 bits per heavy atom. The monoisotopic (exact) mass is 463 g/mol. The smallest absolute Gasteiger partial charge is 0.248 e. The van der Waals surface area contributed by atoms with Gasteiger partial charge in [0, 0.05) is 43.0 Å². The normalized spacial score (nSPS) is 26.7. The van der Waals surface area contributed by atoms with Crippen molar-refractivity contribution in [1.29, 1.82) is 0 Å². The molecule has 3 N–H and O–H groups in total. The van der Waals surface area contributed by atoms with Crippen LogP contribution in [0.15, 0.2) is 11.1 Å². The molecule has 3 aliphatic rings. The molecule has 32 heavy (non-hydrogen) atoms. The topological polar surface area (TPSA) is 140 Å². The van der Waals surface area contributed by atoms with Gasteiger partial charge in [-0.1, -0.05) is 0 Å². The summed E-state index contributed by atoms with van der Waals surface area (Å²) < 4.78 is 32.5. The lowest BCUT2D eigenvalue weighted by molar-refractivity contribution is -0.138. The minimum absolute atomic E-state index is 0.0232. The van der Waals surface area contributed by atoms with Crippen LogP contribution >= 0.6 is 0 Å². The Bertz CT molecular complexity index is 1140. The highest BCUT2D eigenvalue weighted by molar-refractivity contribution is 7.91. The van der Waals surface area contributed by atoms with E-state index in [-0.39, 0.29) is 40.5 Å². The molecule has 10 nitrogen and oxygen atoms in total. The van der Waals surface area contributed by atoms with Crippen molar-refractivity contribution in [2.75, 3.05) is 31.8 Å². The molecule has 5 heterocycles. The zero-order chi connectivity index (χ0) is 22.6. The summed E-state index contributed by atoms with van der Waals surface area (Å²) in [6.07, 6.45) is 7.52. The summed E-state index contributed by atoms with van der Waals surface area (Å²) in [5, 5.41) is 13.7. The maximum Gasteiger partial charge on any atom is 0.248 e. The first kappa shape index (κ1) is 21.6. The fourth-order valence-corrected chi connectivity index (χ4v) is 6.94. The second-order valence-electron chi connectivity index (χ2n) is 9.22. The van der Waals surface area contributed by atoms with E-state index < -0.39 is 16.4 Å². The fourth-order valence-electron chi connectivity index (χ4n) is 5.88. The predicted octanol–water partition coefficient (Wildman–Crippen LogP) is 0.838. The maximum absolute atomic E-state index is 12.8. The lowest BCUT2D eigenvalue weighted by Crippen LogP contribution is -2.47. The van der Waals surface area contributed by atoms with E-state index in [1.54, 1.807) is 11.1 Å². The van der Waals surface area contributed by atoms with E-state index >= 15 is 0 Å². The van der Waals surface area contributed by atoms with Crippen LogP contribution in [-0.2, 0) is 19.4 Å². The van der Waals surface area contributed by atoms with Gasteiger partial charge in [0.2, 0.25) is 5.91 Å². The van der Waals surface area contributed by atoms with Crippen molar-refractivity contribution in [3.05, 3.63) is 17.5 Å². The first-order chi connectivity index (χ1) is 15.3. The summed E-state index contributed by atoms with van der Waals surface area (Å²) in [6.45, 7) is 0.840. The molecule has 2 aromatic heterocycles. The van der Waals surface area contributed by atoms with Crippen LogP contribution in [0.5, 0.6) is 0 Å². The van der Waals surface area contributed by atoms with E-state index in [0.717, 1.165) is 37.5 Å². The van der Waals surface area contributed by atoms with E-state index in [4.69, 9.17) is 15.5 Å². The third-order valence-corrected chi connectivity index (χ3v) is 8.43. The van der Waals surface area contributed by atoms with Gasteiger partial charge in [-0.3, -0.25) is 4.79 Å². The number of carbonyl (C=O) groups is 1. The Morgan fingerprint density at radius 1 is 1.19 bits per heavy atom.